The van der Waals surface area contributed by atoms with Crippen LogP contribution < -0.4 is 16.0 Å². The fourth-order valence-electron chi connectivity index (χ4n) is 17.5. The predicted molar refractivity (Wildman–Crippen MR) is 189 cm³/mol. The molecule has 4 saturated heterocycles. The van der Waals surface area contributed by atoms with Crippen LogP contribution in [-0.4, -0.2) is 36.3 Å². The summed E-state index contributed by atoms with van der Waals surface area (Å²) < 4.78 is 0. The molecule has 22 atom stereocenters. The van der Waals surface area contributed by atoms with E-state index in [4.69, 9.17) is 0 Å². The Kier molecular flexibility index (Phi) is 6.61. The van der Waals surface area contributed by atoms with Gasteiger partial charge in [0.25, 0.3) is 0 Å². The van der Waals surface area contributed by atoms with Crippen LogP contribution in [0.5, 0.6) is 0 Å². The molecule has 0 amide bonds. The van der Waals surface area contributed by atoms with Gasteiger partial charge < -0.3 is 16.0 Å². The zero-order chi connectivity index (χ0) is 30.4. The van der Waals surface area contributed by atoms with Gasteiger partial charge in [-0.15, -0.1) is 0 Å². The lowest BCUT2D eigenvalue weighted by molar-refractivity contribution is 0.0974. The van der Waals surface area contributed by atoms with E-state index in [9.17, 15) is 0 Å². The summed E-state index contributed by atoms with van der Waals surface area (Å²) in [7, 11) is 0. The molecule has 14 bridgehead atoms. The maximum Gasteiger partial charge on any atom is 0.0122 e. The van der Waals surface area contributed by atoms with Gasteiger partial charge >= 0.3 is 0 Å². The van der Waals surface area contributed by atoms with Gasteiger partial charge in [-0.05, 0) is 178 Å². The zero-order valence-corrected chi connectivity index (χ0v) is 29.0. The molecule has 0 radical (unpaired) electrons. The van der Waals surface area contributed by atoms with E-state index in [-0.39, 0.29) is 0 Å². The van der Waals surface area contributed by atoms with E-state index in [0.717, 1.165) is 131 Å². The molecular weight excluding hydrogens is 571 g/mol. The molecule has 15 rings (SSSR count). The number of rotatable bonds is 0. The standard InChI is InChI=1S/C44H63N3/c1-2-4-31-29-18-30(32(31)5-3-1)20-34-40-24-8-12-26(13-9-24)42(40)36(46-34)22-38-44-28-16-14-27(15-17-28)43(44)37(47-38)21-35-41-25-10-6-23(7-11-25)39(41)33(19-29)45-35/h6,8,10,12,14,16,23-47H,1-5,7,9,11,13,15,17-22H2. The number of hydrogen-bond acceptors (Lipinski definition) is 3. The number of allylic oxidation sites excluding steroid dienone is 6. The van der Waals surface area contributed by atoms with Crippen molar-refractivity contribution >= 4 is 0 Å². The van der Waals surface area contributed by atoms with E-state index in [1.165, 1.54) is 83.5 Å². The fraction of sp³-hybridized carbons (Fsp3) is 0.864. The highest BCUT2D eigenvalue weighted by molar-refractivity contribution is 5.23. The van der Waals surface area contributed by atoms with E-state index >= 15 is 0 Å². The van der Waals surface area contributed by atoms with Crippen molar-refractivity contribution in [3.63, 3.8) is 0 Å². The van der Waals surface area contributed by atoms with Gasteiger partial charge in [-0.1, -0.05) is 55.7 Å². The van der Waals surface area contributed by atoms with Gasteiger partial charge in [0, 0.05) is 36.3 Å². The monoisotopic (exact) mass is 634 g/mol. The molecule has 4 aliphatic heterocycles. The third kappa shape index (κ3) is 4.21. The summed E-state index contributed by atoms with van der Waals surface area (Å²) in [6.45, 7) is 0. The second-order valence-corrected chi connectivity index (χ2v) is 20.1. The van der Waals surface area contributed by atoms with Gasteiger partial charge in [-0.25, -0.2) is 0 Å². The average Bonchev–Trinajstić information content (AvgIpc) is 3.82. The minimum atomic E-state index is 0.717. The summed E-state index contributed by atoms with van der Waals surface area (Å²) in [6, 6.07) is 4.45. The number of nitrogens with one attached hydrogen (secondary N) is 3. The first kappa shape index (κ1) is 28.8. The van der Waals surface area contributed by atoms with E-state index in [1.807, 2.05) is 0 Å². The Balaban J connectivity index is 0.944. The second kappa shape index (κ2) is 10.8. The Hall–Kier alpha value is -0.900. The topological polar surface area (TPSA) is 36.1 Å². The molecule has 0 aromatic carbocycles. The minimum absolute atomic E-state index is 0.717. The van der Waals surface area contributed by atoms with Gasteiger partial charge in [0.2, 0.25) is 0 Å². The predicted octanol–water partition coefficient (Wildman–Crippen LogP) is 7.90. The molecule has 22 unspecified atom stereocenters. The molecule has 15 aliphatic rings. The molecular formula is C44H63N3. The van der Waals surface area contributed by atoms with Crippen molar-refractivity contribution in [2.75, 3.05) is 0 Å². The average molecular weight is 634 g/mol. The Labute approximate surface area is 285 Å². The highest BCUT2D eigenvalue weighted by atomic mass is 15.1. The zero-order valence-electron chi connectivity index (χ0n) is 29.0. The van der Waals surface area contributed by atoms with Crippen molar-refractivity contribution in [3.05, 3.63) is 36.5 Å². The summed E-state index contributed by atoms with van der Waals surface area (Å²) in [4.78, 5) is 0. The molecule has 0 spiro atoms. The molecule has 254 valence electrons. The van der Waals surface area contributed by atoms with Crippen LogP contribution in [0.2, 0.25) is 0 Å². The minimum Gasteiger partial charge on any atom is -0.311 e. The van der Waals surface area contributed by atoms with E-state index in [2.05, 4.69) is 52.4 Å². The van der Waals surface area contributed by atoms with Crippen LogP contribution in [0.15, 0.2) is 36.5 Å². The van der Waals surface area contributed by atoms with Crippen LogP contribution in [-0.2, 0) is 0 Å². The van der Waals surface area contributed by atoms with Crippen LogP contribution in [0.25, 0.3) is 0 Å². The van der Waals surface area contributed by atoms with Crippen molar-refractivity contribution in [2.45, 2.75) is 139 Å². The van der Waals surface area contributed by atoms with Crippen molar-refractivity contribution in [1.29, 1.82) is 0 Å². The molecule has 9 fully saturated rings. The maximum absolute atomic E-state index is 4.60. The summed E-state index contributed by atoms with van der Waals surface area (Å²) in [5, 5.41) is 13.8. The van der Waals surface area contributed by atoms with Crippen LogP contribution in [0, 0.1) is 94.7 Å². The van der Waals surface area contributed by atoms with Crippen LogP contribution >= 0.6 is 0 Å². The molecule has 47 heavy (non-hydrogen) atoms. The molecule has 5 saturated carbocycles. The van der Waals surface area contributed by atoms with Gasteiger partial charge in [0.05, 0.1) is 0 Å². The summed E-state index contributed by atoms with van der Waals surface area (Å²) in [5.74, 6) is 14.5. The SMILES string of the molecule is C1=CC2CCC1C1C3CC4CC(CC5NC(CC6NC(CC(N3)C21)C1C2C=CC(CC2)C61)C1C2C=CC(CC2)C51)C1CCCCCC41. The highest BCUT2D eigenvalue weighted by Crippen LogP contribution is 2.60. The lowest BCUT2D eigenvalue weighted by atomic mass is 9.57. The highest BCUT2D eigenvalue weighted by Gasteiger charge is 2.60. The van der Waals surface area contributed by atoms with E-state index < -0.39 is 0 Å². The van der Waals surface area contributed by atoms with Crippen LogP contribution in [0.1, 0.15) is 103 Å². The Morgan fingerprint density at radius 1 is 0.298 bits per heavy atom. The van der Waals surface area contributed by atoms with Crippen molar-refractivity contribution in [1.82, 2.24) is 16.0 Å². The van der Waals surface area contributed by atoms with E-state index in [1.54, 1.807) is 19.3 Å². The van der Waals surface area contributed by atoms with Gasteiger partial charge in [-0.3, -0.25) is 0 Å². The Bertz CT molecular complexity index is 1240. The van der Waals surface area contributed by atoms with Crippen molar-refractivity contribution in [3.8, 4) is 0 Å². The van der Waals surface area contributed by atoms with Gasteiger partial charge in [0.15, 0.2) is 0 Å². The molecule has 3 heteroatoms. The first-order valence-corrected chi connectivity index (χ1v) is 21.6. The van der Waals surface area contributed by atoms with Crippen LogP contribution in [0.4, 0.5) is 0 Å². The molecule has 11 aliphatic carbocycles. The first-order chi connectivity index (χ1) is 23.2. The van der Waals surface area contributed by atoms with Crippen LogP contribution in [0.3, 0.4) is 0 Å². The first-order valence-electron chi connectivity index (χ1n) is 21.6. The smallest absolute Gasteiger partial charge is 0.0122 e. The van der Waals surface area contributed by atoms with Gasteiger partial charge in [-0.2, -0.15) is 0 Å². The Morgan fingerprint density at radius 2 is 0.596 bits per heavy atom. The summed E-state index contributed by atoms with van der Waals surface area (Å²) in [6.07, 6.45) is 40.1. The number of fused-ring (bicyclic) bond motifs is 14. The molecule has 3 N–H and O–H groups in total. The molecule has 0 aromatic rings. The second-order valence-electron chi connectivity index (χ2n) is 20.1. The van der Waals surface area contributed by atoms with E-state index in [0.29, 0.717) is 0 Å². The lowest BCUT2D eigenvalue weighted by Gasteiger charge is -2.47. The van der Waals surface area contributed by atoms with Gasteiger partial charge in [0.1, 0.15) is 0 Å². The quantitative estimate of drug-likeness (QED) is 0.238. The molecule has 3 nitrogen and oxygen atoms in total. The molecule has 4 heterocycles. The van der Waals surface area contributed by atoms with Crippen molar-refractivity contribution < 1.29 is 0 Å². The summed E-state index contributed by atoms with van der Waals surface area (Å²) >= 11 is 0. The maximum atomic E-state index is 4.60. The third-order valence-corrected chi connectivity index (χ3v) is 18.8. The lowest BCUT2D eigenvalue weighted by Crippen LogP contribution is -2.45. The fourth-order valence-corrected chi connectivity index (χ4v) is 17.5. The third-order valence-electron chi connectivity index (χ3n) is 18.8. The largest absolute Gasteiger partial charge is 0.311 e. The normalized spacial score (nSPS) is 62.3. The van der Waals surface area contributed by atoms with Crippen molar-refractivity contribution in [2.24, 2.45) is 94.7 Å². The summed E-state index contributed by atoms with van der Waals surface area (Å²) in [5.41, 5.74) is 0. The number of hydrogen-bond donors (Lipinski definition) is 3. The Morgan fingerprint density at radius 3 is 0.894 bits per heavy atom. The molecule has 0 aromatic heterocycles.